The van der Waals surface area contributed by atoms with Gasteiger partial charge < -0.3 is 9.84 Å². The van der Waals surface area contributed by atoms with E-state index in [4.69, 9.17) is 16.1 Å². The molecule has 0 unspecified atom stereocenters. The molecule has 0 spiro atoms. The Morgan fingerprint density at radius 3 is 2.75 bits per heavy atom. The topological polar surface area (TPSA) is 55.1 Å². The van der Waals surface area contributed by atoms with Crippen molar-refractivity contribution in [1.82, 2.24) is 5.16 Å². The maximum Gasteiger partial charge on any atom is 0.230 e. The van der Waals surface area contributed by atoms with Crippen LogP contribution in [-0.4, -0.2) is 11.1 Å². The van der Waals surface area contributed by atoms with Crippen LogP contribution in [0.3, 0.4) is 0 Å². The van der Waals surface area contributed by atoms with Crippen molar-refractivity contribution in [3.05, 3.63) is 70.6 Å². The number of benzene rings is 2. The Bertz CT molecular complexity index is 875. The standard InChI is InChI=1S/C18H14ClFN2O2/c1-11-15(19)3-2-4-16(11)21-18(23)10-14-9-17(24-22-14)12-5-7-13(20)8-6-12/h2-9H,10H2,1H3,(H,21,23). The fourth-order valence-corrected chi connectivity index (χ4v) is 2.42. The summed E-state index contributed by atoms with van der Waals surface area (Å²) >= 11 is 6.03. The molecule has 6 heteroatoms. The van der Waals surface area contributed by atoms with Crippen molar-refractivity contribution in [3.8, 4) is 11.3 Å². The number of halogens is 2. The number of hydrogen-bond acceptors (Lipinski definition) is 3. The maximum atomic E-state index is 12.9. The van der Waals surface area contributed by atoms with Crippen molar-refractivity contribution in [3.63, 3.8) is 0 Å². The lowest BCUT2D eigenvalue weighted by atomic mass is 10.1. The molecular weight excluding hydrogens is 331 g/mol. The fourth-order valence-electron chi connectivity index (χ4n) is 2.25. The summed E-state index contributed by atoms with van der Waals surface area (Å²) < 4.78 is 18.1. The minimum Gasteiger partial charge on any atom is -0.356 e. The molecule has 1 amide bonds. The lowest BCUT2D eigenvalue weighted by Crippen LogP contribution is -2.15. The summed E-state index contributed by atoms with van der Waals surface area (Å²) in [5.41, 5.74) is 2.65. The van der Waals surface area contributed by atoms with Gasteiger partial charge in [0.2, 0.25) is 5.91 Å². The Labute approximate surface area is 143 Å². The van der Waals surface area contributed by atoms with Crippen LogP contribution in [0.1, 0.15) is 11.3 Å². The highest BCUT2D eigenvalue weighted by Crippen LogP contribution is 2.24. The second-order valence-corrected chi connectivity index (χ2v) is 5.73. The van der Waals surface area contributed by atoms with Crippen LogP contribution < -0.4 is 5.32 Å². The Hall–Kier alpha value is -2.66. The molecule has 2 aromatic carbocycles. The van der Waals surface area contributed by atoms with Crippen molar-refractivity contribution >= 4 is 23.2 Å². The molecule has 0 radical (unpaired) electrons. The molecule has 122 valence electrons. The number of nitrogens with one attached hydrogen (secondary N) is 1. The SMILES string of the molecule is Cc1c(Cl)cccc1NC(=O)Cc1cc(-c2ccc(F)cc2)on1. The number of rotatable bonds is 4. The molecule has 24 heavy (non-hydrogen) atoms. The van der Waals surface area contributed by atoms with Crippen molar-refractivity contribution in [2.75, 3.05) is 5.32 Å². The summed E-state index contributed by atoms with van der Waals surface area (Å²) in [6.45, 7) is 1.83. The molecular formula is C18H14ClFN2O2. The smallest absolute Gasteiger partial charge is 0.230 e. The minimum atomic E-state index is -0.324. The van der Waals surface area contributed by atoms with Crippen LogP contribution >= 0.6 is 11.6 Å². The Kier molecular flexibility index (Phi) is 4.62. The first-order valence-electron chi connectivity index (χ1n) is 7.29. The fraction of sp³-hybridized carbons (Fsp3) is 0.111. The van der Waals surface area contributed by atoms with E-state index in [1.54, 1.807) is 36.4 Å². The highest BCUT2D eigenvalue weighted by atomic mass is 35.5. The minimum absolute atomic E-state index is 0.0661. The van der Waals surface area contributed by atoms with E-state index < -0.39 is 0 Å². The Morgan fingerprint density at radius 1 is 1.25 bits per heavy atom. The molecule has 3 rings (SSSR count). The van der Waals surface area contributed by atoms with E-state index >= 15 is 0 Å². The molecule has 0 saturated carbocycles. The monoisotopic (exact) mass is 344 g/mol. The van der Waals surface area contributed by atoms with E-state index in [1.807, 2.05) is 6.92 Å². The normalized spacial score (nSPS) is 10.6. The van der Waals surface area contributed by atoms with Crippen molar-refractivity contribution < 1.29 is 13.7 Å². The van der Waals surface area contributed by atoms with Gasteiger partial charge in [0.1, 0.15) is 5.82 Å². The number of amides is 1. The number of aromatic nitrogens is 1. The number of hydrogen-bond donors (Lipinski definition) is 1. The summed E-state index contributed by atoms with van der Waals surface area (Å²) in [4.78, 5) is 12.2. The molecule has 4 nitrogen and oxygen atoms in total. The zero-order valence-corrected chi connectivity index (χ0v) is 13.6. The molecule has 0 saturated heterocycles. The van der Waals surface area contributed by atoms with E-state index in [1.165, 1.54) is 12.1 Å². The molecule has 0 fully saturated rings. The number of carbonyl (C=O) groups is 1. The molecule has 0 aliphatic carbocycles. The first-order valence-corrected chi connectivity index (χ1v) is 7.67. The molecule has 0 aliphatic heterocycles. The summed E-state index contributed by atoms with van der Waals surface area (Å²) in [5, 5.41) is 7.27. The summed E-state index contributed by atoms with van der Waals surface area (Å²) in [6.07, 6.45) is 0.0661. The van der Waals surface area contributed by atoms with E-state index in [2.05, 4.69) is 10.5 Å². The van der Waals surface area contributed by atoms with Crippen LogP contribution in [0, 0.1) is 12.7 Å². The van der Waals surface area contributed by atoms with Gasteiger partial charge in [-0.05, 0) is 48.9 Å². The molecule has 0 aliphatic rings. The highest BCUT2D eigenvalue weighted by Gasteiger charge is 2.12. The predicted molar refractivity (Wildman–Crippen MR) is 90.4 cm³/mol. The Morgan fingerprint density at radius 2 is 2.00 bits per heavy atom. The molecule has 0 atom stereocenters. The lowest BCUT2D eigenvalue weighted by Gasteiger charge is -2.08. The van der Waals surface area contributed by atoms with Gasteiger partial charge in [-0.15, -0.1) is 0 Å². The predicted octanol–water partition coefficient (Wildman–Crippen LogP) is 4.62. The lowest BCUT2D eigenvalue weighted by molar-refractivity contribution is -0.115. The van der Waals surface area contributed by atoms with Crippen LogP contribution in [-0.2, 0) is 11.2 Å². The van der Waals surface area contributed by atoms with Gasteiger partial charge in [-0.1, -0.05) is 22.8 Å². The summed E-state index contributed by atoms with van der Waals surface area (Å²) in [6, 6.07) is 12.8. The van der Waals surface area contributed by atoms with E-state index in [-0.39, 0.29) is 18.1 Å². The quantitative estimate of drug-likeness (QED) is 0.751. The van der Waals surface area contributed by atoms with E-state index in [0.29, 0.717) is 27.7 Å². The van der Waals surface area contributed by atoms with E-state index in [0.717, 1.165) is 5.56 Å². The molecule has 3 aromatic rings. The van der Waals surface area contributed by atoms with E-state index in [9.17, 15) is 9.18 Å². The summed E-state index contributed by atoms with van der Waals surface area (Å²) in [7, 11) is 0. The zero-order valence-electron chi connectivity index (χ0n) is 12.8. The third-order valence-corrected chi connectivity index (χ3v) is 3.98. The Balaban J connectivity index is 1.69. The molecule has 1 aromatic heterocycles. The largest absolute Gasteiger partial charge is 0.356 e. The van der Waals surface area contributed by atoms with Gasteiger partial charge in [0.25, 0.3) is 0 Å². The van der Waals surface area contributed by atoms with Crippen LogP contribution in [0.4, 0.5) is 10.1 Å². The van der Waals surface area contributed by atoms with Gasteiger partial charge in [-0.3, -0.25) is 4.79 Å². The molecule has 1 N–H and O–H groups in total. The zero-order chi connectivity index (χ0) is 17.1. The second-order valence-electron chi connectivity index (χ2n) is 5.33. The molecule has 0 bridgehead atoms. The van der Waals surface area contributed by atoms with Gasteiger partial charge >= 0.3 is 0 Å². The first-order chi connectivity index (χ1) is 11.5. The highest BCUT2D eigenvalue weighted by molar-refractivity contribution is 6.31. The third-order valence-electron chi connectivity index (χ3n) is 3.57. The van der Waals surface area contributed by atoms with Crippen LogP contribution in [0.2, 0.25) is 5.02 Å². The van der Waals surface area contributed by atoms with Crippen LogP contribution in [0.25, 0.3) is 11.3 Å². The maximum absolute atomic E-state index is 12.9. The second kappa shape index (κ2) is 6.84. The van der Waals surface area contributed by atoms with Crippen molar-refractivity contribution in [1.29, 1.82) is 0 Å². The average Bonchev–Trinajstić information content (AvgIpc) is 3.01. The van der Waals surface area contributed by atoms with Crippen LogP contribution in [0.15, 0.2) is 53.1 Å². The first kappa shape index (κ1) is 16.2. The van der Waals surface area contributed by atoms with Gasteiger partial charge in [0.15, 0.2) is 5.76 Å². The summed E-state index contributed by atoms with van der Waals surface area (Å²) in [5.74, 6) is -0.0641. The van der Waals surface area contributed by atoms with Crippen LogP contribution in [0.5, 0.6) is 0 Å². The van der Waals surface area contributed by atoms with Gasteiger partial charge in [0.05, 0.1) is 12.1 Å². The van der Waals surface area contributed by atoms with Gasteiger partial charge in [-0.25, -0.2) is 4.39 Å². The number of nitrogens with zero attached hydrogens (tertiary/aromatic N) is 1. The average molecular weight is 345 g/mol. The van der Waals surface area contributed by atoms with Crippen molar-refractivity contribution in [2.45, 2.75) is 13.3 Å². The van der Waals surface area contributed by atoms with Gasteiger partial charge in [-0.2, -0.15) is 0 Å². The number of anilines is 1. The van der Waals surface area contributed by atoms with Gasteiger partial charge in [0, 0.05) is 22.3 Å². The number of carbonyl (C=O) groups excluding carboxylic acids is 1. The van der Waals surface area contributed by atoms with Crippen molar-refractivity contribution in [2.24, 2.45) is 0 Å². The molecule has 1 heterocycles. The third kappa shape index (κ3) is 3.63.